The highest BCUT2D eigenvalue weighted by molar-refractivity contribution is 5.58. The highest BCUT2D eigenvalue weighted by atomic mass is 35.7. The van der Waals surface area contributed by atoms with Gasteiger partial charge >= 0.3 is 0 Å². The highest BCUT2D eigenvalue weighted by Crippen LogP contribution is 2.29. The summed E-state index contributed by atoms with van der Waals surface area (Å²) in [4.78, 5) is 0. The van der Waals surface area contributed by atoms with Crippen molar-refractivity contribution in [2.45, 2.75) is 45.1 Å². The summed E-state index contributed by atoms with van der Waals surface area (Å²) in [6.07, 6.45) is 7.93. The average molecular weight is 350 g/mol. The zero-order valence-electron chi connectivity index (χ0n) is 13.4. The molecule has 1 aromatic heterocycles. The molecule has 2 aliphatic rings. The fraction of sp³-hybridized carbons (Fsp3) is 0.389. The molecule has 2 heterocycles. The van der Waals surface area contributed by atoms with Crippen LogP contribution in [0.3, 0.4) is 0 Å². The molecule has 0 radical (unpaired) electrons. The van der Waals surface area contributed by atoms with Crippen molar-refractivity contribution in [3.8, 4) is 11.3 Å². The molecule has 0 bridgehead atoms. The standard InChI is InChI=1S/C18H20N.ClHO4/c1-2-7-14(8-3-1)18-13-15-9-4-5-10-16(15)17-11-6-12-19(17)18;2-1(3,4)5/h1-3,7-8,13H,4-6,9-12H2;(H,2,3,4,5)/q+1;/p-1. The van der Waals surface area contributed by atoms with Crippen LogP contribution in [0.1, 0.15) is 36.1 Å². The zero-order valence-corrected chi connectivity index (χ0v) is 14.1. The van der Waals surface area contributed by atoms with Gasteiger partial charge in [0, 0.05) is 30.0 Å². The minimum atomic E-state index is -4.94. The molecule has 0 amide bonds. The molecule has 1 aliphatic carbocycles. The van der Waals surface area contributed by atoms with Crippen LogP contribution in [0.4, 0.5) is 0 Å². The maximum atomic E-state index is 8.49. The third kappa shape index (κ3) is 4.12. The molecule has 0 saturated carbocycles. The number of aryl methyl sites for hydroxylation is 1. The molecule has 1 aliphatic heterocycles. The van der Waals surface area contributed by atoms with Gasteiger partial charge < -0.3 is 0 Å². The van der Waals surface area contributed by atoms with Gasteiger partial charge in [-0.05, 0) is 43.4 Å². The molecule has 24 heavy (non-hydrogen) atoms. The second kappa shape index (κ2) is 7.17. The van der Waals surface area contributed by atoms with E-state index < -0.39 is 10.2 Å². The van der Waals surface area contributed by atoms with Gasteiger partial charge in [-0.25, -0.2) is 18.6 Å². The maximum Gasteiger partial charge on any atom is 0.212 e. The summed E-state index contributed by atoms with van der Waals surface area (Å²) in [6, 6.07) is 13.4. The number of benzene rings is 1. The van der Waals surface area contributed by atoms with Crippen molar-refractivity contribution >= 4 is 0 Å². The fourth-order valence-electron chi connectivity index (χ4n) is 3.76. The summed E-state index contributed by atoms with van der Waals surface area (Å²) < 4.78 is 36.6. The summed E-state index contributed by atoms with van der Waals surface area (Å²) in [7, 11) is -4.94. The molecule has 0 saturated heterocycles. The van der Waals surface area contributed by atoms with Crippen molar-refractivity contribution in [2.24, 2.45) is 0 Å². The van der Waals surface area contributed by atoms with Crippen molar-refractivity contribution in [3.05, 3.63) is 53.2 Å². The number of rotatable bonds is 1. The van der Waals surface area contributed by atoms with Crippen molar-refractivity contribution < 1.29 is 33.4 Å². The molecule has 0 fully saturated rings. The third-order valence-electron chi connectivity index (χ3n) is 4.65. The summed E-state index contributed by atoms with van der Waals surface area (Å²) in [6.45, 7) is 1.20. The van der Waals surface area contributed by atoms with E-state index in [9.17, 15) is 0 Å². The van der Waals surface area contributed by atoms with E-state index in [4.69, 9.17) is 18.6 Å². The molecule has 2 aromatic rings. The van der Waals surface area contributed by atoms with Gasteiger partial charge in [-0.1, -0.05) is 18.2 Å². The number of fused-ring (bicyclic) bond motifs is 3. The Bertz CT molecular complexity index is 707. The first-order chi connectivity index (χ1) is 11.4. The number of aromatic nitrogens is 1. The lowest BCUT2D eigenvalue weighted by atomic mass is 9.89. The predicted octanol–water partition coefficient (Wildman–Crippen LogP) is -1.29. The molecule has 0 N–H and O–H groups in total. The fourth-order valence-corrected chi connectivity index (χ4v) is 3.76. The van der Waals surface area contributed by atoms with Gasteiger partial charge in [0.2, 0.25) is 5.69 Å². The van der Waals surface area contributed by atoms with Crippen LogP contribution in [0.25, 0.3) is 11.3 Å². The molecule has 0 spiro atoms. The van der Waals surface area contributed by atoms with E-state index in [1.54, 1.807) is 16.8 Å². The van der Waals surface area contributed by atoms with Crippen LogP contribution in [-0.2, 0) is 25.8 Å². The van der Waals surface area contributed by atoms with Crippen molar-refractivity contribution in [1.82, 2.24) is 0 Å². The van der Waals surface area contributed by atoms with E-state index in [0.717, 1.165) is 0 Å². The maximum absolute atomic E-state index is 8.49. The van der Waals surface area contributed by atoms with Gasteiger partial charge in [-0.3, -0.25) is 0 Å². The second-order valence-electron chi connectivity index (χ2n) is 6.19. The van der Waals surface area contributed by atoms with Crippen LogP contribution < -0.4 is 23.2 Å². The normalized spacial score (nSPS) is 16.0. The number of nitrogens with zero attached hydrogens (tertiary/aromatic N) is 1. The van der Waals surface area contributed by atoms with Gasteiger partial charge in [0.25, 0.3) is 0 Å². The number of hydrogen-bond donors (Lipinski definition) is 0. The summed E-state index contributed by atoms with van der Waals surface area (Å²) in [5.74, 6) is 0. The lowest BCUT2D eigenvalue weighted by Crippen LogP contribution is -2.68. The van der Waals surface area contributed by atoms with Crippen LogP contribution in [0.5, 0.6) is 0 Å². The number of halogens is 1. The summed E-state index contributed by atoms with van der Waals surface area (Å²) in [5.41, 5.74) is 7.76. The molecule has 0 atom stereocenters. The first-order valence-electron chi connectivity index (χ1n) is 8.18. The summed E-state index contributed by atoms with van der Waals surface area (Å²) >= 11 is 0. The van der Waals surface area contributed by atoms with Gasteiger partial charge in [0.15, 0.2) is 5.69 Å². The van der Waals surface area contributed by atoms with Crippen molar-refractivity contribution in [3.63, 3.8) is 0 Å². The first-order valence-corrected chi connectivity index (χ1v) is 9.41. The van der Waals surface area contributed by atoms with Crippen molar-refractivity contribution in [1.29, 1.82) is 0 Å². The van der Waals surface area contributed by atoms with Gasteiger partial charge in [0.05, 0.1) is 0 Å². The SMILES string of the molecule is [O-][Cl+3]([O-])([O-])[O-].c1ccc(-c2cc3c(c4[n+]2CCC4)CCCC3)cc1. The molecular weight excluding hydrogens is 330 g/mol. The summed E-state index contributed by atoms with van der Waals surface area (Å²) in [5, 5.41) is 0. The largest absolute Gasteiger partial charge is 0.222 e. The van der Waals surface area contributed by atoms with E-state index in [0.29, 0.717) is 0 Å². The molecule has 0 unspecified atom stereocenters. The smallest absolute Gasteiger partial charge is 0.212 e. The van der Waals surface area contributed by atoms with Gasteiger partial charge in [-0.15, -0.1) is 10.2 Å². The van der Waals surface area contributed by atoms with Gasteiger partial charge in [-0.2, -0.15) is 4.57 Å². The number of hydrogen-bond acceptors (Lipinski definition) is 4. The lowest BCUT2D eigenvalue weighted by molar-refractivity contribution is -2.00. The lowest BCUT2D eigenvalue weighted by Gasteiger charge is -2.17. The first kappa shape index (κ1) is 17.3. The van der Waals surface area contributed by atoms with Crippen LogP contribution in [0, 0.1) is 10.2 Å². The Hall–Kier alpha value is -1.50. The Kier molecular flexibility index (Phi) is 5.18. The zero-order chi connectivity index (χ0) is 17.2. The second-order valence-corrected chi connectivity index (χ2v) is 6.94. The van der Waals surface area contributed by atoms with Crippen LogP contribution in [-0.4, -0.2) is 0 Å². The van der Waals surface area contributed by atoms with E-state index in [-0.39, 0.29) is 0 Å². The Balaban J connectivity index is 0.000000300. The predicted molar refractivity (Wildman–Crippen MR) is 77.0 cm³/mol. The van der Waals surface area contributed by atoms with Crippen molar-refractivity contribution in [2.75, 3.05) is 0 Å². The molecule has 128 valence electrons. The molecule has 4 rings (SSSR count). The Morgan fingerprint density at radius 1 is 0.833 bits per heavy atom. The van der Waals surface area contributed by atoms with E-state index >= 15 is 0 Å². The monoisotopic (exact) mass is 349 g/mol. The van der Waals surface area contributed by atoms with E-state index in [1.807, 2.05) is 0 Å². The van der Waals surface area contributed by atoms with Crippen LogP contribution in [0.2, 0.25) is 0 Å². The Morgan fingerprint density at radius 3 is 2.21 bits per heavy atom. The topological polar surface area (TPSA) is 96.1 Å². The Morgan fingerprint density at radius 2 is 1.50 bits per heavy atom. The van der Waals surface area contributed by atoms with Gasteiger partial charge in [0.1, 0.15) is 6.54 Å². The van der Waals surface area contributed by atoms with E-state index in [2.05, 4.69) is 41.0 Å². The van der Waals surface area contributed by atoms with Crippen LogP contribution >= 0.6 is 0 Å². The molecular formula is C18H20ClNO4. The molecule has 5 nitrogen and oxygen atoms in total. The minimum absolute atomic E-state index is 1.20. The molecule has 1 aromatic carbocycles. The molecule has 6 heteroatoms. The van der Waals surface area contributed by atoms with Crippen LogP contribution in [0.15, 0.2) is 36.4 Å². The Labute approximate surface area is 143 Å². The third-order valence-corrected chi connectivity index (χ3v) is 4.65. The minimum Gasteiger partial charge on any atom is -0.222 e. The highest BCUT2D eigenvalue weighted by Gasteiger charge is 2.30. The van der Waals surface area contributed by atoms with E-state index in [1.165, 1.54) is 56.3 Å². The average Bonchev–Trinajstić information content (AvgIpc) is 3.03. The quantitative estimate of drug-likeness (QED) is 0.598. The number of pyridine rings is 1.